The van der Waals surface area contributed by atoms with Gasteiger partial charge in [-0.25, -0.2) is 9.18 Å². The van der Waals surface area contributed by atoms with Gasteiger partial charge in [0, 0.05) is 38.4 Å². The summed E-state index contributed by atoms with van der Waals surface area (Å²) in [6.45, 7) is 1.08. The number of carboxylic acid groups (broad SMARTS) is 1. The van der Waals surface area contributed by atoms with Gasteiger partial charge in [-0.05, 0) is 12.8 Å². The number of halogens is 1. The topological polar surface area (TPSA) is 92.9 Å². The molecule has 0 unspecified atom stereocenters. The number of nitro groups is 1. The molecule has 114 valence electrons. The Morgan fingerprint density at radius 1 is 1.48 bits per heavy atom. The molecule has 2 rings (SSSR count). The molecule has 0 saturated carbocycles. The number of nitro benzene ring substituents is 1. The Bertz CT molecular complexity index is 572. The van der Waals surface area contributed by atoms with E-state index < -0.39 is 28.0 Å². The van der Waals surface area contributed by atoms with E-state index >= 15 is 0 Å². The fourth-order valence-electron chi connectivity index (χ4n) is 2.41. The molecule has 1 aromatic rings. The van der Waals surface area contributed by atoms with Crippen molar-refractivity contribution in [3.63, 3.8) is 0 Å². The van der Waals surface area contributed by atoms with Crippen molar-refractivity contribution in [2.75, 3.05) is 25.2 Å². The molecule has 1 heterocycles. The zero-order valence-corrected chi connectivity index (χ0v) is 11.4. The fraction of sp³-hybridized carbons (Fsp3) is 0.462. The highest BCUT2D eigenvalue weighted by molar-refractivity contribution is 5.90. The average molecular weight is 298 g/mol. The smallest absolute Gasteiger partial charge is 0.338 e. The van der Waals surface area contributed by atoms with Gasteiger partial charge in [-0.2, -0.15) is 0 Å². The highest BCUT2D eigenvalue weighted by atomic mass is 19.1. The van der Waals surface area contributed by atoms with Gasteiger partial charge in [0.25, 0.3) is 5.69 Å². The first-order valence-electron chi connectivity index (χ1n) is 6.43. The maximum Gasteiger partial charge on any atom is 0.338 e. The summed E-state index contributed by atoms with van der Waals surface area (Å²) in [5, 5.41) is 20.0. The second-order valence-electron chi connectivity index (χ2n) is 4.84. The van der Waals surface area contributed by atoms with Crippen LogP contribution in [0.3, 0.4) is 0 Å². The summed E-state index contributed by atoms with van der Waals surface area (Å²) in [5.41, 5.74) is -1.04. The van der Waals surface area contributed by atoms with Crippen molar-refractivity contribution in [1.82, 2.24) is 0 Å². The fourth-order valence-corrected chi connectivity index (χ4v) is 2.41. The largest absolute Gasteiger partial charge is 0.478 e. The van der Waals surface area contributed by atoms with E-state index in [1.807, 2.05) is 0 Å². The highest BCUT2D eigenvalue weighted by Crippen LogP contribution is 2.33. The summed E-state index contributed by atoms with van der Waals surface area (Å²) < 4.78 is 19.0. The van der Waals surface area contributed by atoms with Crippen LogP contribution in [0.25, 0.3) is 0 Å². The van der Waals surface area contributed by atoms with Crippen molar-refractivity contribution in [3.05, 3.63) is 33.6 Å². The third-order valence-corrected chi connectivity index (χ3v) is 3.61. The van der Waals surface area contributed by atoms with Crippen LogP contribution in [0.15, 0.2) is 12.1 Å². The van der Waals surface area contributed by atoms with E-state index in [0.29, 0.717) is 26.1 Å². The van der Waals surface area contributed by atoms with E-state index in [2.05, 4.69) is 0 Å². The van der Waals surface area contributed by atoms with Crippen LogP contribution in [-0.4, -0.2) is 42.3 Å². The summed E-state index contributed by atoms with van der Waals surface area (Å²) in [4.78, 5) is 22.9. The first-order chi connectivity index (χ1) is 9.91. The number of aromatic carboxylic acids is 1. The predicted molar refractivity (Wildman–Crippen MR) is 72.3 cm³/mol. The van der Waals surface area contributed by atoms with Crippen molar-refractivity contribution in [3.8, 4) is 0 Å². The number of ether oxygens (including phenoxy) is 1. The Balaban J connectivity index is 2.43. The van der Waals surface area contributed by atoms with Crippen LogP contribution in [0, 0.1) is 15.9 Å². The molecule has 0 aliphatic carbocycles. The molecule has 1 N–H and O–H groups in total. The molecule has 7 nitrogen and oxygen atoms in total. The molecule has 0 atom stereocenters. The van der Waals surface area contributed by atoms with Crippen molar-refractivity contribution in [2.45, 2.75) is 18.9 Å². The van der Waals surface area contributed by atoms with Gasteiger partial charge in [0.05, 0.1) is 4.92 Å². The molecular formula is C13H15FN2O5. The van der Waals surface area contributed by atoms with Gasteiger partial charge < -0.3 is 14.7 Å². The number of hydrogen-bond donors (Lipinski definition) is 1. The lowest BCUT2D eigenvalue weighted by Gasteiger charge is -2.32. The molecule has 0 bridgehead atoms. The first-order valence-corrected chi connectivity index (χ1v) is 6.43. The van der Waals surface area contributed by atoms with Gasteiger partial charge in [0.1, 0.15) is 17.1 Å². The molecule has 1 aromatic carbocycles. The van der Waals surface area contributed by atoms with Gasteiger partial charge in [0.2, 0.25) is 0 Å². The Morgan fingerprint density at radius 3 is 2.62 bits per heavy atom. The predicted octanol–water partition coefficient (Wildman–Crippen LogP) is 2.05. The van der Waals surface area contributed by atoms with Crippen LogP contribution in [-0.2, 0) is 4.74 Å². The SMILES string of the molecule is CN(c1cc(F)c(C(=O)O)cc1[N+](=O)[O-])C1CCOCC1. The van der Waals surface area contributed by atoms with Crippen LogP contribution in [0.5, 0.6) is 0 Å². The van der Waals surface area contributed by atoms with E-state index in [1.165, 1.54) is 0 Å². The molecular weight excluding hydrogens is 283 g/mol. The second-order valence-corrected chi connectivity index (χ2v) is 4.84. The number of rotatable bonds is 4. The van der Waals surface area contributed by atoms with Crippen molar-refractivity contribution < 1.29 is 24.0 Å². The van der Waals surface area contributed by atoms with Crippen LogP contribution < -0.4 is 4.90 Å². The third-order valence-electron chi connectivity index (χ3n) is 3.61. The summed E-state index contributed by atoms with van der Waals surface area (Å²) in [7, 11) is 1.64. The van der Waals surface area contributed by atoms with E-state index in [-0.39, 0.29) is 11.7 Å². The molecule has 0 aromatic heterocycles. The van der Waals surface area contributed by atoms with Crippen LogP contribution in [0.2, 0.25) is 0 Å². The lowest BCUT2D eigenvalue weighted by molar-refractivity contribution is -0.384. The molecule has 0 radical (unpaired) electrons. The molecule has 0 amide bonds. The molecule has 8 heteroatoms. The number of benzene rings is 1. The van der Waals surface area contributed by atoms with Crippen LogP contribution in [0.1, 0.15) is 23.2 Å². The number of carboxylic acids is 1. The highest BCUT2D eigenvalue weighted by Gasteiger charge is 2.28. The monoisotopic (exact) mass is 298 g/mol. The van der Waals surface area contributed by atoms with Crippen LogP contribution >= 0.6 is 0 Å². The summed E-state index contributed by atoms with van der Waals surface area (Å²) in [5.74, 6) is -2.52. The molecule has 1 fully saturated rings. The van der Waals surface area contributed by atoms with E-state index in [0.717, 1.165) is 12.1 Å². The Labute approximate surface area is 120 Å². The number of carbonyl (C=O) groups is 1. The number of hydrogen-bond acceptors (Lipinski definition) is 5. The second kappa shape index (κ2) is 6.04. The van der Waals surface area contributed by atoms with E-state index in [4.69, 9.17) is 9.84 Å². The average Bonchev–Trinajstić information content (AvgIpc) is 2.46. The minimum Gasteiger partial charge on any atom is -0.478 e. The van der Waals surface area contributed by atoms with Crippen molar-refractivity contribution in [1.29, 1.82) is 0 Å². The first kappa shape index (κ1) is 15.2. The molecule has 1 aliphatic rings. The van der Waals surface area contributed by atoms with Gasteiger partial charge in [-0.1, -0.05) is 0 Å². The van der Waals surface area contributed by atoms with Crippen molar-refractivity contribution in [2.24, 2.45) is 0 Å². The summed E-state index contributed by atoms with van der Waals surface area (Å²) >= 11 is 0. The van der Waals surface area contributed by atoms with Gasteiger partial charge in [-0.15, -0.1) is 0 Å². The lowest BCUT2D eigenvalue weighted by atomic mass is 10.1. The van der Waals surface area contributed by atoms with Gasteiger partial charge in [0.15, 0.2) is 0 Å². The van der Waals surface area contributed by atoms with Crippen LogP contribution in [0.4, 0.5) is 15.8 Å². The number of nitrogens with zero attached hydrogens (tertiary/aromatic N) is 2. The maximum atomic E-state index is 13.8. The quantitative estimate of drug-likeness (QED) is 0.675. The zero-order valence-electron chi connectivity index (χ0n) is 11.4. The Hall–Kier alpha value is -2.22. The zero-order chi connectivity index (χ0) is 15.6. The number of anilines is 1. The summed E-state index contributed by atoms with van der Waals surface area (Å²) in [6, 6.07) is 1.67. The summed E-state index contributed by atoms with van der Waals surface area (Å²) in [6.07, 6.45) is 1.35. The Morgan fingerprint density at radius 2 is 2.10 bits per heavy atom. The molecule has 1 saturated heterocycles. The molecule has 21 heavy (non-hydrogen) atoms. The minimum absolute atomic E-state index is 0.00692. The standard InChI is InChI=1S/C13H15FN2O5/c1-15(8-2-4-21-5-3-8)11-7-10(14)9(13(17)18)6-12(11)16(19)20/h6-8H,2-5H2,1H3,(H,17,18). The third kappa shape index (κ3) is 3.10. The normalized spacial score (nSPS) is 15.7. The maximum absolute atomic E-state index is 13.8. The van der Waals surface area contributed by atoms with E-state index in [9.17, 15) is 19.3 Å². The van der Waals surface area contributed by atoms with Gasteiger partial charge >= 0.3 is 5.97 Å². The molecule has 0 spiro atoms. The van der Waals surface area contributed by atoms with Crippen molar-refractivity contribution >= 4 is 17.3 Å². The minimum atomic E-state index is -1.53. The lowest BCUT2D eigenvalue weighted by Crippen LogP contribution is -2.37. The van der Waals surface area contributed by atoms with E-state index in [1.54, 1.807) is 11.9 Å². The molecule has 1 aliphatic heterocycles. The van der Waals surface area contributed by atoms with Gasteiger partial charge in [-0.3, -0.25) is 10.1 Å². The Kier molecular flexibility index (Phi) is 4.37.